The van der Waals surface area contributed by atoms with Crippen LogP contribution in [0.4, 0.5) is 0 Å². The number of benzene rings is 2. The Balaban J connectivity index is 1.96. The second kappa shape index (κ2) is 5.93. The predicted molar refractivity (Wildman–Crippen MR) is 87.1 cm³/mol. The van der Waals surface area contributed by atoms with E-state index in [0.29, 0.717) is 6.42 Å². The molecule has 114 valence electrons. The number of hydrogen-bond donors (Lipinski definition) is 1. The van der Waals surface area contributed by atoms with Crippen LogP contribution in [0.3, 0.4) is 0 Å². The van der Waals surface area contributed by atoms with E-state index in [1.807, 2.05) is 0 Å². The van der Waals surface area contributed by atoms with Gasteiger partial charge in [-0.15, -0.1) is 0 Å². The van der Waals surface area contributed by atoms with Crippen LogP contribution in [-0.4, -0.2) is 5.97 Å². The Morgan fingerprint density at radius 2 is 1.86 bits per heavy atom. The minimum atomic E-state index is -0.306. The number of nitrogens with two attached hydrogens (primary N) is 1. The molecule has 2 atom stereocenters. The molecular formula is C19H21NO2. The van der Waals surface area contributed by atoms with Crippen molar-refractivity contribution < 1.29 is 9.63 Å². The quantitative estimate of drug-likeness (QED) is 0.877. The number of fused-ring (bicyclic) bond motifs is 1. The monoisotopic (exact) mass is 295 g/mol. The van der Waals surface area contributed by atoms with Gasteiger partial charge in [-0.1, -0.05) is 55.0 Å². The van der Waals surface area contributed by atoms with Gasteiger partial charge >= 0.3 is 5.97 Å². The van der Waals surface area contributed by atoms with Gasteiger partial charge in [-0.3, -0.25) is 4.79 Å². The van der Waals surface area contributed by atoms with Crippen LogP contribution in [0, 0.1) is 12.8 Å². The number of carbonyl (C=O) groups is 1. The normalized spacial score (nSPS) is 19.8. The number of carbonyl (C=O) groups excluding carboxylic acids is 1. The van der Waals surface area contributed by atoms with Crippen LogP contribution >= 0.6 is 0 Å². The summed E-state index contributed by atoms with van der Waals surface area (Å²) in [5.74, 6) is 4.84. The van der Waals surface area contributed by atoms with Crippen molar-refractivity contribution in [3.63, 3.8) is 0 Å². The lowest BCUT2D eigenvalue weighted by Gasteiger charge is -2.15. The Labute approximate surface area is 131 Å². The summed E-state index contributed by atoms with van der Waals surface area (Å²) in [5, 5.41) is 0. The highest BCUT2D eigenvalue weighted by Crippen LogP contribution is 2.42. The van der Waals surface area contributed by atoms with Crippen molar-refractivity contribution in [3.8, 4) is 11.1 Å². The topological polar surface area (TPSA) is 52.3 Å². The standard InChI is InChI=1S/C19H21NO2/c1-3-16-17-9-8-14(13-6-4-12(2)5-7-13)10-15(17)11-18(16)19(21)22-20/h4-10,16,18H,3,11,20H2,1-2H3. The third kappa shape index (κ3) is 2.53. The van der Waals surface area contributed by atoms with Gasteiger partial charge in [0.2, 0.25) is 0 Å². The summed E-state index contributed by atoms with van der Waals surface area (Å²) < 4.78 is 0. The lowest BCUT2D eigenvalue weighted by atomic mass is 9.90. The van der Waals surface area contributed by atoms with Gasteiger partial charge in [0.05, 0.1) is 5.92 Å². The molecular weight excluding hydrogens is 274 g/mol. The minimum Gasteiger partial charge on any atom is -0.373 e. The molecule has 3 nitrogen and oxygen atoms in total. The largest absolute Gasteiger partial charge is 0.373 e. The molecule has 0 radical (unpaired) electrons. The average Bonchev–Trinajstić information content (AvgIpc) is 2.92. The van der Waals surface area contributed by atoms with Crippen LogP contribution in [0.1, 0.15) is 36.0 Å². The molecule has 0 amide bonds. The summed E-state index contributed by atoms with van der Waals surface area (Å²) in [7, 11) is 0. The van der Waals surface area contributed by atoms with E-state index in [4.69, 9.17) is 5.90 Å². The van der Waals surface area contributed by atoms with E-state index in [0.717, 1.165) is 6.42 Å². The molecule has 0 saturated carbocycles. The molecule has 2 aromatic rings. The van der Waals surface area contributed by atoms with Gasteiger partial charge in [0.15, 0.2) is 0 Å². The van der Waals surface area contributed by atoms with Crippen LogP contribution in [-0.2, 0) is 16.1 Å². The van der Waals surface area contributed by atoms with Crippen LogP contribution in [0.2, 0.25) is 0 Å². The zero-order chi connectivity index (χ0) is 15.7. The van der Waals surface area contributed by atoms with Gasteiger partial charge in [0.1, 0.15) is 0 Å². The third-order valence-electron chi connectivity index (χ3n) is 4.71. The Kier molecular flexibility index (Phi) is 3.99. The lowest BCUT2D eigenvalue weighted by molar-refractivity contribution is -0.149. The molecule has 2 unspecified atom stereocenters. The maximum Gasteiger partial charge on any atom is 0.328 e. The Morgan fingerprint density at radius 3 is 2.50 bits per heavy atom. The van der Waals surface area contributed by atoms with E-state index >= 15 is 0 Å². The number of hydrogen-bond acceptors (Lipinski definition) is 3. The molecule has 1 aliphatic rings. The van der Waals surface area contributed by atoms with Crippen molar-refractivity contribution in [3.05, 3.63) is 59.2 Å². The van der Waals surface area contributed by atoms with Gasteiger partial charge in [0.25, 0.3) is 0 Å². The van der Waals surface area contributed by atoms with Gasteiger partial charge in [-0.2, -0.15) is 5.90 Å². The first-order valence-corrected chi connectivity index (χ1v) is 7.74. The van der Waals surface area contributed by atoms with Gasteiger partial charge in [-0.25, -0.2) is 0 Å². The van der Waals surface area contributed by atoms with E-state index in [2.05, 4.69) is 61.1 Å². The molecule has 0 spiro atoms. The molecule has 22 heavy (non-hydrogen) atoms. The maximum absolute atomic E-state index is 11.9. The summed E-state index contributed by atoms with van der Waals surface area (Å²) in [6.07, 6.45) is 1.63. The molecule has 0 heterocycles. The molecule has 2 N–H and O–H groups in total. The number of aryl methyl sites for hydroxylation is 1. The van der Waals surface area contributed by atoms with Crippen molar-refractivity contribution in [1.29, 1.82) is 0 Å². The lowest BCUT2D eigenvalue weighted by Crippen LogP contribution is -2.24. The summed E-state index contributed by atoms with van der Waals surface area (Å²) >= 11 is 0. The van der Waals surface area contributed by atoms with Crippen molar-refractivity contribution in [2.45, 2.75) is 32.6 Å². The average molecular weight is 295 g/mol. The Bertz CT molecular complexity index is 691. The van der Waals surface area contributed by atoms with E-state index in [1.54, 1.807) is 0 Å². The first-order valence-electron chi connectivity index (χ1n) is 7.74. The molecule has 3 rings (SSSR count). The highest BCUT2D eigenvalue weighted by atomic mass is 16.7. The fourth-order valence-electron chi connectivity index (χ4n) is 3.51. The fourth-order valence-corrected chi connectivity index (χ4v) is 3.51. The minimum absolute atomic E-state index is 0.154. The summed E-state index contributed by atoms with van der Waals surface area (Å²) in [4.78, 5) is 16.4. The summed E-state index contributed by atoms with van der Waals surface area (Å²) in [6, 6.07) is 15.0. The molecule has 0 fully saturated rings. The van der Waals surface area contributed by atoms with E-state index in [-0.39, 0.29) is 17.8 Å². The molecule has 2 aromatic carbocycles. The van der Waals surface area contributed by atoms with Gasteiger partial charge in [-0.05, 0) is 47.9 Å². The molecule has 0 aliphatic heterocycles. The van der Waals surface area contributed by atoms with E-state index < -0.39 is 0 Å². The van der Waals surface area contributed by atoms with Crippen molar-refractivity contribution >= 4 is 5.97 Å². The fraction of sp³-hybridized carbons (Fsp3) is 0.316. The van der Waals surface area contributed by atoms with E-state index in [1.165, 1.54) is 27.8 Å². The Hall–Kier alpha value is -2.13. The smallest absolute Gasteiger partial charge is 0.328 e. The zero-order valence-electron chi connectivity index (χ0n) is 13.0. The van der Waals surface area contributed by atoms with Crippen molar-refractivity contribution in [2.24, 2.45) is 11.8 Å². The third-order valence-corrected chi connectivity index (χ3v) is 4.71. The molecule has 3 heteroatoms. The van der Waals surface area contributed by atoms with Crippen LogP contribution < -0.4 is 5.90 Å². The first kappa shape index (κ1) is 14.8. The van der Waals surface area contributed by atoms with Gasteiger partial charge < -0.3 is 4.84 Å². The maximum atomic E-state index is 11.9. The summed E-state index contributed by atoms with van der Waals surface area (Å²) in [5.41, 5.74) is 6.14. The molecule has 0 bridgehead atoms. The second-order valence-corrected chi connectivity index (χ2v) is 6.04. The highest BCUT2D eigenvalue weighted by molar-refractivity contribution is 5.76. The molecule has 1 aliphatic carbocycles. The first-order chi connectivity index (χ1) is 10.6. The number of rotatable bonds is 3. The van der Waals surface area contributed by atoms with Crippen LogP contribution in [0.15, 0.2) is 42.5 Å². The van der Waals surface area contributed by atoms with Crippen LogP contribution in [0.5, 0.6) is 0 Å². The van der Waals surface area contributed by atoms with Crippen molar-refractivity contribution in [2.75, 3.05) is 0 Å². The zero-order valence-corrected chi connectivity index (χ0v) is 13.0. The van der Waals surface area contributed by atoms with E-state index in [9.17, 15) is 4.79 Å². The molecule has 0 aromatic heterocycles. The second-order valence-electron chi connectivity index (χ2n) is 6.04. The van der Waals surface area contributed by atoms with Crippen molar-refractivity contribution in [1.82, 2.24) is 0 Å². The Morgan fingerprint density at radius 1 is 1.18 bits per heavy atom. The highest BCUT2D eigenvalue weighted by Gasteiger charge is 2.37. The van der Waals surface area contributed by atoms with Crippen LogP contribution in [0.25, 0.3) is 11.1 Å². The summed E-state index contributed by atoms with van der Waals surface area (Å²) in [6.45, 7) is 4.19. The SMILES string of the molecule is CCC1c2ccc(-c3ccc(C)cc3)cc2CC1C(=O)ON. The molecule has 0 saturated heterocycles. The van der Waals surface area contributed by atoms with Gasteiger partial charge in [0, 0.05) is 0 Å². The predicted octanol–water partition coefficient (Wildman–Crippen LogP) is 3.74.